The SMILES string of the molecule is COc1cccc(C(N)CC2CNCCN2C)c1. The second kappa shape index (κ2) is 6.18. The van der Waals surface area contributed by atoms with Gasteiger partial charge in [0.2, 0.25) is 0 Å². The molecular weight excluding hydrogens is 226 g/mol. The standard InChI is InChI=1S/C14H23N3O/c1-17-7-6-16-10-12(17)9-14(15)11-4-3-5-13(8-11)18-2/h3-5,8,12,14,16H,6-7,9-10,15H2,1-2H3. The number of nitrogens with zero attached hydrogens (tertiary/aromatic N) is 1. The first kappa shape index (κ1) is 13.3. The highest BCUT2D eigenvalue weighted by Gasteiger charge is 2.21. The monoisotopic (exact) mass is 249 g/mol. The zero-order valence-electron chi connectivity index (χ0n) is 11.2. The van der Waals surface area contributed by atoms with E-state index < -0.39 is 0 Å². The molecule has 0 saturated carbocycles. The predicted octanol–water partition coefficient (Wildman–Crippen LogP) is 0.989. The van der Waals surface area contributed by atoms with E-state index in [0.29, 0.717) is 6.04 Å². The second-order valence-electron chi connectivity index (χ2n) is 4.96. The van der Waals surface area contributed by atoms with Crippen LogP contribution >= 0.6 is 0 Å². The van der Waals surface area contributed by atoms with E-state index in [4.69, 9.17) is 10.5 Å². The van der Waals surface area contributed by atoms with Crippen molar-refractivity contribution in [2.75, 3.05) is 33.8 Å². The molecule has 1 fully saturated rings. The summed E-state index contributed by atoms with van der Waals surface area (Å²) < 4.78 is 5.24. The van der Waals surface area contributed by atoms with Crippen molar-refractivity contribution < 1.29 is 4.74 Å². The molecule has 4 heteroatoms. The molecule has 0 amide bonds. The molecule has 1 aliphatic rings. The number of ether oxygens (including phenoxy) is 1. The molecular formula is C14H23N3O. The summed E-state index contributed by atoms with van der Waals surface area (Å²) in [6.45, 7) is 3.19. The smallest absolute Gasteiger partial charge is 0.119 e. The van der Waals surface area contributed by atoms with Crippen molar-refractivity contribution in [3.8, 4) is 5.75 Å². The van der Waals surface area contributed by atoms with Gasteiger partial charge in [-0.05, 0) is 31.2 Å². The van der Waals surface area contributed by atoms with Crippen molar-refractivity contribution in [3.63, 3.8) is 0 Å². The predicted molar refractivity (Wildman–Crippen MR) is 73.8 cm³/mol. The van der Waals surface area contributed by atoms with Crippen LogP contribution in [-0.4, -0.2) is 44.7 Å². The van der Waals surface area contributed by atoms with E-state index in [2.05, 4.69) is 23.3 Å². The van der Waals surface area contributed by atoms with Gasteiger partial charge in [0.25, 0.3) is 0 Å². The Bertz CT molecular complexity index is 383. The molecule has 0 aromatic heterocycles. The van der Waals surface area contributed by atoms with Gasteiger partial charge in [0.05, 0.1) is 7.11 Å². The van der Waals surface area contributed by atoms with Gasteiger partial charge in [0, 0.05) is 31.7 Å². The molecule has 2 rings (SSSR count). The zero-order valence-corrected chi connectivity index (χ0v) is 11.2. The van der Waals surface area contributed by atoms with E-state index in [1.165, 1.54) is 0 Å². The third-order valence-corrected chi connectivity index (χ3v) is 3.69. The largest absolute Gasteiger partial charge is 0.497 e. The summed E-state index contributed by atoms with van der Waals surface area (Å²) in [4.78, 5) is 2.39. The van der Waals surface area contributed by atoms with Gasteiger partial charge in [0.15, 0.2) is 0 Å². The fraction of sp³-hybridized carbons (Fsp3) is 0.571. The van der Waals surface area contributed by atoms with Crippen molar-refractivity contribution in [1.82, 2.24) is 10.2 Å². The molecule has 0 spiro atoms. The summed E-state index contributed by atoms with van der Waals surface area (Å²) in [6.07, 6.45) is 0.969. The van der Waals surface area contributed by atoms with E-state index in [1.54, 1.807) is 7.11 Å². The Balaban J connectivity index is 1.99. The minimum absolute atomic E-state index is 0.0625. The number of piperazine rings is 1. The van der Waals surface area contributed by atoms with E-state index in [0.717, 1.165) is 37.4 Å². The molecule has 1 aromatic rings. The van der Waals surface area contributed by atoms with Gasteiger partial charge in [-0.25, -0.2) is 0 Å². The van der Waals surface area contributed by atoms with Crippen LogP contribution in [0.1, 0.15) is 18.0 Å². The molecule has 3 N–H and O–H groups in total. The lowest BCUT2D eigenvalue weighted by atomic mass is 9.98. The molecule has 0 bridgehead atoms. The number of likely N-dealkylation sites (N-methyl/N-ethyl adjacent to an activating group) is 1. The van der Waals surface area contributed by atoms with Crippen molar-refractivity contribution in [1.29, 1.82) is 0 Å². The molecule has 1 saturated heterocycles. The molecule has 2 atom stereocenters. The Labute approximate surface area is 109 Å². The molecule has 0 radical (unpaired) electrons. The highest BCUT2D eigenvalue weighted by Crippen LogP contribution is 2.22. The summed E-state index contributed by atoms with van der Waals surface area (Å²) in [5, 5.41) is 3.42. The van der Waals surface area contributed by atoms with Crippen LogP contribution in [0.5, 0.6) is 5.75 Å². The van der Waals surface area contributed by atoms with Crippen LogP contribution in [0.4, 0.5) is 0 Å². The maximum Gasteiger partial charge on any atom is 0.119 e. The van der Waals surface area contributed by atoms with Crippen LogP contribution in [-0.2, 0) is 0 Å². The van der Waals surface area contributed by atoms with E-state index in [9.17, 15) is 0 Å². The van der Waals surface area contributed by atoms with Crippen molar-refractivity contribution in [2.24, 2.45) is 5.73 Å². The first-order chi connectivity index (χ1) is 8.70. The molecule has 1 aliphatic heterocycles. The molecule has 1 aromatic carbocycles. The first-order valence-electron chi connectivity index (χ1n) is 6.51. The summed E-state index contributed by atoms with van der Waals surface area (Å²) in [5.74, 6) is 0.873. The highest BCUT2D eigenvalue weighted by atomic mass is 16.5. The topological polar surface area (TPSA) is 50.5 Å². The van der Waals surface area contributed by atoms with E-state index in [1.807, 2.05) is 18.2 Å². The van der Waals surface area contributed by atoms with Crippen LogP contribution in [0.15, 0.2) is 24.3 Å². The number of rotatable bonds is 4. The van der Waals surface area contributed by atoms with Crippen LogP contribution in [0.3, 0.4) is 0 Å². The minimum Gasteiger partial charge on any atom is -0.497 e. The number of methoxy groups -OCH3 is 1. The third kappa shape index (κ3) is 3.22. The van der Waals surface area contributed by atoms with Crippen molar-refractivity contribution in [2.45, 2.75) is 18.5 Å². The Kier molecular flexibility index (Phi) is 4.58. The van der Waals surface area contributed by atoms with Crippen LogP contribution in [0.2, 0.25) is 0 Å². The summed E-state index contributed by atoms with van der Waals surface area (Å²) in [5.41, 5.74) is 7.45. The number of nitrogens with one attached hydrogen (secondary N) is 1. The number of hydrogen-bond donors (Lipinski definition) is 2. The van der Waals surface area contributed by atoms with Crippen LogP contribution in [0.25, 0.3) is 0 Å². The summed E-state index contributed by atoms with van der Waals surface area (Å²) >= 11 is 0. The lowest BCUT2D eigenvalue weighted by Gasteiger charge is -2.34. The normalized spacial score (nSPS) is 22.7. The average Bonchev–Trinajstić information content (AvgIpc) is 2.41. The minimum atomic E-state index is 0.0625. The zero-order chi connectivity index (χ0) is 13.0. The number of hydrogen-bond acceptors (Lipinski definition) is 4. The fourth-order valence-electron chi connectivity index (χ4n) is 2.43. The quantitative estimate of drug-likeness (QED) is 0.835. The van der Waals surface area contributed by atoms with Gasteiger partial charge in [-0.15, -0.1) is 0 Å². The Morgan fingerprint density at radius 1 is 1.56 bits per heavy atom. The molecule has 100 valence electrons. The molecule has 4 nitrogen and oxygen atoms in total. The third-order valence-electron chi connectivity index (χ3n) is 3.69. The summed E-state index contributed by atoms with van der Waals surface area (Å²) in [7, 11) is 3.85. The van der Waals surface area contributed by atoms with Gasteiger partial charge in [-0.1, -0.05) is 12.1 Å². The van der Waals surface area contributed by atoms with Crippen molar-refractivity contribution in [3.05, 3.63) is 29.8 Å². The van der Waals surface area contributed by atoms with E-state index >= 15 is 0 Å². The molecule has 1 heterocycles. The summed E-state index contributed by atoms with van der Waals surface area (Å²) in [6, 6.07) is 8.62. The molecule has 18 heavy (non-hydrogen) atoms. The van der Waals surface area contributed by atoms with Gasteiger partial charge in [-0.3, -0.25) is 0 Å². The van der Waals surface area contributed by atoms with Gasteiger partial charge < -0.3 is 20.7 Å². The molecule has 0 aliphatic carbocycles. The highest BCUT2D eigenvalue weighted by molar-refractivity contribution is 5.30. The fourth-order valence-corrected chi connectivity index (χ4v) is 2.43. The maximum atomic E-state index is 6.30. The van der Waals surface area contributed by atoms with E-state index in [-0.39, 0.29) is 6.04 Å². The lowest BCUT2D eigenvalue weighted by molar-refractivity contribution is 0.182. The first-order valence-corrected chi connectivity index (χ1v) is 6.51. The van der Waals surface area contributed by atoms with Crippen LogP contribution in [0, 0.1) is 0 Å². The Morgan fingerprint density at radius 3 is 3.11 bits per heavy atom. The number of nitrogens with two attached hydrogens (primary N) is 1. The molecule has 2 unspecified atom stereocenters. The lowest BCUT2D eigenvalue weighted by Crippen LogP contribution is -2.50. The number of benzene rings is 1. The van der Waals surface area contributed by atoms with Gasteiger partial charge >= 0.3 is 0 Å². The average molecular weight is 249 g/mol. The Hall–Kier alpha value is -1.10. The second-order valence-corrected chi connectivity index (χ2v) is 4.96. The van der Waals surface area contributed by atoms with Gasteiger partial charge in [0.1, 0.15) is 5.75 Å². The maximum absolute atomic E-state index is 6.30. The van der Waals surface area contributed by atoms with Crippen LogP contribution < -0.4 is 15.8 Å². The van der Waals surface area contributed by atoms with Crippen molar-refractivity contribution >= 4 is 0 Å². The van der Waals surface area contributed by atoms with Gasteiger partial charge in [-0.2, -0.15) is 0 Å². The Morgan fingerprint density at radius 2 is 2.39 bits per heavy atom.